The Morgan fingerprint density at radius 3 is 2.54 bits per heavy atom. The Morgan fingerprint density at radius 1 is 1.21 bits per heavy atom. The predicted octanol–water partition coefficient (Wildman–Crippen LogP) is 5.07. The Morgan fingerprint density at radius 2 is 1.92 bits per heavy atom. The number of aryl methyl sites for hydroxylation is 1. The molecule has 0 aliphatic carbocycles. The molecule has 0 fully saturated rings. The van der Waals surface area contributed by atoms with E-state index in [1.807, 2.05) is 13.0 Å². The van der Waals surface area contributed by atoms with Crippen molar-refractivity contribution in [1.82, 2.24) is 0 Å². The molecule has 0 saturated carbocycles. The van der Waals surface area contributed by atoms with Gasteiger partial charge >= 0.3 is 6.18 Å². The van der Waals surface area contributed by atoms with Crippen molar-refractivity contribution in [2.45, 2.75) is 26.1 Å². The number of alkyl halides is 3. The summed E-state index contributed by atoms with van der Waals surface area (Å²) in [5.41, 5.74) is -0.0433. The van der Waals surface area contributed by atoms with E-state index in [2.05, 4.69) is 5.32 Å². The van der Waals surface area contributed by atoms with Crippen LogP contribution in [0.3, 0.4) is 0 Å². The molecule has 0 bridgehead atoms. The molecule has 2 aromatic carbocycles. The molecule has 1 atom stereocenters. The number of halogens is 4. The highest BCUT2D eigenvalue weighted by Crippen LogP contribution is 2.36. The maximum absolute atomic E-state index is 12.8. The van der Waals surface area contributed by atoms with Gasteiger partial charge in [-0.05, 0) is 49.7 Å². The summed E-state index contributed by atoms with van der Waals surface area (Å²) in [6.45, 7) is 3.39. The van der Waals surface area contributed by atoms with Crippen LogP contribution < -0.4 is 10.1 Å². The molecule has 0 heterocycles. The molecule has 1 amide bonds. The van der Waals surface area contributed by atoms with E-state index >= 15 is 0 Å². The van der Waals surface area contributed by atoms with Crippen LogP contribution in [0.4, 0.5) is 18.9 Å². The lowest BCUT2D eigenvalue weighted by Crippen LogP contribution is -2.30. The Bertz CT molecular complexity index is 747. The minimum absolute atomic E-state index is 0.00332. The van der Waals surface area contributed by atoms with E-state index in [4.69, 9.17) is 16.3 Å². The van der Waals surface area contributed by atoms with Crippen LogP contribution in [0.5, 0.6) is 5.75 Å². The second-order valence-corrected chi connectivity index (χ2v) is 5.67. The lowest BCUT2D eigenvalue weighted by Gasteiger charge is -2.16. The minimum atomic E-state index is -4.60. The Hall–Kier alpha value is -2.21. The highest BCUT2D eigenvalue weighted by atomic mass is 35.5. The number of hydrogen-bond acceptors (Lipinski definition) is 2. The zero-order valence-corrected chi connectivity index (χ0v) is 13.7. The number of amides is 1. The number of carbonyl (C=O) groups is 1. The molecule has 3 nitrogen and oxygen atoms in total. The van der Waals surface area contributed by atoms with Crippen LogP contribution >= 0.6 is 11.6 Å². The lowest BCUT2D eigenvalue weighted by atomic mass is 10.2. The van der Waals surface area contributed by atoms with Crippen LogP contribution in [0.1, 0.15) is 18.1 Å². The summed E-state index contributed by atoms with van der Waals surface area (Å²) in [4.78, 5) is 12.1. The average Bonchev–Trinajstić information content (AvgIpc) is 2.48. The van der Waals surface area contributed by atoms with Gasteiger partial charge in [0.2, 0.25) is 0 Å². The van der Waals surface area contributed by atoms with Crippen molar-refractivity contribution in [2.24, 2.45) is 0 Å². The molecule has 7 heteroatoms. The second kappa shape index (κ2) is 7.13. The third-order valence-electron chi connectivity index (χ3n) is 3.21. The van der Waals surface area contributed by atoms with Crippen LogP contribution in [0.2, 0.25) is 5.02 Å². The molecule has 0 aliphatic rings. The quantitative estimate of drug-likeness (QED) is 0.829. The summed E-state index contributed by atoms with van der Waals surface area (Å²) in [6, 6.07) is 10.3. The Labute approximate surface area is 142 Å². The first-order valence-corrected chi connectivity index (χ1v) is 7.45. The Balaban J connectivity index is 2.09. The van der Waals surface area contributed by atoms with Gasteiger partial charge in [-0.3, -0.25) is 4.79 Å². The van der Waals surface area contributed by atoms with E-state index in [-0.39, 0.29) is 5.69 Å². The van der Waals surface area contributed by atoms with Gasteiger partial charge in [0.05, 0.1) is 10.6 Å². The third kappa shape index (κ3) is 4.64. The maximum atomic E-state index is 12.8. The normalized spacial score (nSPS) is 12.6. The van der Waals surface area contributed by atoms with Crippen LogP contribution in [0.15, 0.2) is 42.5 Å². The molecule has 2 rings (SSSR count). The van der Waals surface area contributed by atoms with Gasteiger partial charge in [0.25, 0.3) is 5.91 Å². The van der Waals surface area contributed by atoms with Gasteiger partial charge in [0, 0.05) is 5.69 Å². The highest BCUT2D eigenvalue weighted by Gasteiger charge is 2.33. The van der Waals surface area contributed by atoms with Gasteiger partial charge in [-0.1, -0.05) is 23.7 Å². The molecule has 0 unspecified atom stereocenters. The predicted molar refractivity (Wildman–Crippen MR) is 86.4 cm³/mol. The molecule has 128 valence electrons. The van der Waals surface area contributed by atoms with E-state index in [0.29, 0.717) is 5.75 Å². The number of benzene rings is 2. The molecule has 0 radical (unpaired) electrons. The number of rotatable bonds is 4. The van der Waals surface area contributed by atoms with E-state index < -0.39 is 28.8 Å². The largest absolute Gasteiger partial charge is 0.481 e. The van der Waals surface area contributed by atoms with Crippen LogP contribution in [-0.4, -0.2) is 12.0 Å². The summed E-state index contributed by atoms with van der Waals surface area (Å²) in [5, 5.41) is 1.97. The molecular weight excluding hydrogens is 343 g/mol. The van der Waals surface area contributed by atoms with Gasteiger partial charge in [0.15, 0.2) is 6.10 Å². The number of nitrogens with one attached hydrogen (secondary N) is 1. The fourth-order valence-corrected chi connectivity index (χ4v) is 2.24. The molecule has 0 spiro atoms. The van der Waals surface area contributed by atoms with Gasteiger partial charge in [0.1, 0.15) is 5.75 Å². The van der Waals surface area contributed by atoms with Crippen molar-refractivity contribution >= 4 is 23.2 Å². The van der Waals surface area contributed by atoms with Gasteiger partial charge < -0.3 is 10.1 Å². The zero-order valence-electron chi connectivity index (χ0n) is 12.9. The van der Waals surface area contributed by atoms with Crippen molar-refractivity contribution in [3.8, 4) is 5.75 Å². The van der Waals surface area contributed by atoms with Crippen molar-refractivity contribution in [3.63, 3.8) is 0 Å². The number of ether oxygens (including phenoxy) is 1. The fraction of sp³-hybridized carbons (Fsp3) is 0.235. The number of hydrogen-bond donors (Lipinski definition) is 1. The zero-order chi connectivity index (χ0) is 17.9. The van der Waals surface area contributed by atoms with Gasteiger partial charge in [-0.15, -0.1) is 0 Å². The first-order chi connectivity index (χ1) is 11.2. The van der Waals surface area contributed by atoms with Crippen LogP contribution in [-0.2, 0) is 11.0 Å². The van der Waals surface area contributed by atoms with Crippen LogP contribution in [0, 0.1) is 6.92 Å². The molecule has 2 aromatic rings. The molecule has 0 aliphatic heterocycles. The van der Waals surface area contributed by atoms with E-state index in [9.17, 15) is 18.0 Å². The molecule has 0 aromatic heterocycles. The van der Waals surface area contributed by atoms with Crippen molar-refractivity contribution in [3.05, 3.63) is 58.6 Å². The smallest absolute Gasteiger partial charge is 0.417 e. The molecular formula is C17H15ClF3NO2. The van der Waals surface area contributed by atoms with Crippen molar-refractivity contribution in [1.29, 1.82) is 0 Å². The molecule has 1 N–H and O–H groups in total. The third-order valence-corrected chi connectivity index (χ3v) is 3.54. The maximum Gasteiger partial charge on any atom is 0.417 e. The van der Waals surface area contributed by atoms with Crippen molar-refractivity contribution < 1.29 is 22.7 Å². The number of carbonyl (C=O) groups excluding carboxylic acids is 1. The Kier molecular flexibility index (Phi) is 5.39. The molecule has 24 heavy (non-hydrogen) atoms. The van der Waals surface area contributed by atoms with Crippen molar-refractivity contribution in [2.75, 3.05) is 5.32 Å². The summed E-state index contributed by atoms with van der Waals surface area (Å²) < 4.78 is 44.0. The first kappa shape index (κ1) is 18.1. The average molecular weight is 358 g/mol. The summed E-state index contributed by atoms with van der Waals surface area (Å²) in [7, 11) is 0. The topological polar surface area (TPSA) is 38.3 Å². The summed E-state index contributed by atoms with van der Waals surface area (Å²) in [6.07, 6.45) is -5.47. The first-order valence-electron chi connectivity index (χ1n) is 7.08. The standard InChI is InChI=1S/C17H15ClF3NO2/c1-10-4-3-5-13(8-10)24-11(2)16(23)22-12-6-7-15(18)14(9-12)17(19,20)21/h3-9,11H,1-2H3,(H,22,23)/t11-/m1/s1. The molecule has 0 saturated heterocycles. The minimum Gasteiger partial charge on any atom is -0.481 e. The highest BCUT2D eigenvalue weighted by molar-refractivity contribution is 6.31. The monoisotopic (exact) mass is 357 g/mol. The second-order valence-electron chi connectivity index (χ2n) is 5.26. The lowest BCUT2D eigenvalue weighted by molar-refractivity contribution is -0.137. The van der Waals surface area contributed by atoms with E-state index in [0.717, 1.165) is 17.7 Å². The fourth-order valence-electron chi connectivity index (χ4n) is 2.01. The van der Waals surface area contributed by atoms with Gasteiger partial charge in [-0.2, -0.15) is 13.2 Å². The van der Waals surface area contributed by atoms with E-state index in [1.165, 1.54) is 13.0 Å². The number of anilines is 1. The summed E-state index contributed by atoms with van der Waals surface area (Å²) in [5.74, 6) is -0.0586. The SMILES string of the molecule is Cc1cccc(O[C@H](C)C(=O)Nc2ccc(Cl)c(C(F)(F)F)c2)c1. The van der Waals surface area contributed by atoms with E-state index in [1.54, 1.807) is 18.2 Å². The van der Waals surface area contributed by atoms with Crippen LogP contribution in [0.25, 0.3) is 0 Å². The van der Waals surface area contributed by atoms with Gasteiger partial charge in [-0.25, -0.2) is 0 Å². The summed E-state index contributed by atoms with van der Waals surface area (Å²) >= 11 is 5.54.